The van der Waals surface area contributed by atoms with E-state index in [9.17, 15) is 0 Å². The van der Waals surface area contributed by atoms with Crippen molar-refractivity contribution in [3.63, 3.8) is 0 Å². The van der Waals surface area contributed by atoms with Crippen molar-refractivity contribution in [2.24, 2.45) is 0 Å². The first-order valence-electron chi connectivity index (χ1n) is 18.0. The summed E-state index contributed by atoms with van der Waals surface area (Å²) in [6.07, 6.45) is 12.5. The Bertz CT molecular complexity index is 2310. The number of hydrogen-bond donors (Lipinski definition) is 0. The highest BCUT2D eigenvalue weighted by Crippen LogP contribution is 2.35. The van der Waals surface area contributed by atoms with Gasteiger partial charge in [0.05, 0.1) is 0 Å². The summed E-state index contributed by atoms with van der Waals surface area (Å²) in [5.74, 6) is 6.58. The second kappa shape index (κ2) is 16.1. The number of anilines is 5. The number of benzene rings is 6. The van der Waals surface area contributed by atoms with Crippen molar-refractivity contribution in [2.75, 3.05) is 9.80 Å². The molecule has 6 aromatic carbocycles. The Morgan fingerprint density at radius 3 is 1.09 bits per heavy atom. The molecule has 6 aromatic rings. The lowest BCUT2D eigenvalue weighted by Gasteiger charge is -2.25. The molecule has 2 heteroatoms. The molecule has 53 heavy (non-hydrogen) atoms. The van der Waals surface area contributed by atoms with Crippen LogP contribution in [0.2, 0.25) is 0 Å². The molecule has 0 unspecified atom stereocenters. The van der Waals surface area contributed by atoms with Gasteiger partial charge in [-0.3, -0.25) is 4.90 Å². The van der Waals surface area contributed by atoms with Crippen LogP contribution >= 0.6 is 0 Å². The SMILES string of the molecule is Cc1ccc(N(C2=C=CC(/C=C/c3ccc(/C=C/c4ccc(N(c5ccc(C)cc5)c5ccc(C)cc5)cc4)cc3)=CC#C2)c2ccc(C)cc2)cc1. The topological polar surface area (TPSA) is 6.48 Å². The number of rotatable bonds is 10. The van der Waals surface area contributed by atoms with Gasteiger partial charge in [-0.25, -0.2) is 0 Å². The molecular weight excluding hydrogens is 641 g/mol. The van der Waals surface area contributed by atoms with Crippen molar-refractivity contribution < 1.29 is 0 Å². The van der Waals surface area contributed by atoms with E-state index in [0.29, 0.717) is 0 Å². The van der Waals surface area contributed by atoms with E-state index in [4.69, 9.17) is 0 Å². The molecule has 0 heterocycles. The van der Waals surface area contributed by atoms with Crippen molar-refractivity contribution in [3.8, 4) is 11.8 Å². The van der Waals surface area contributed by atoms with Crippen molar-refractivity contribution in [3.05, 3.63) is 220 Å². The third-order valence-corrected chi connectivity index (χ3v) is 9.22. The molecular formula is C51H42N2. The van der Waals surface area contributed by atoms with Crippen molar-refractivity contribution in [1.29, 1.82) is 0 Å². The second-order valence-corrected chi connectivity index (χ2v) is 13.5. The predicted octanol–water partition coefficient (Wildman–Crippen LogP) is 13.4. The zero-order chi connectivity index (χ0) is 36.6. The van der Waals surface area contributed by atoms with E-state index >= 15 is 0 Å². The van der Waals surface area contributed by atoms with E-state index in [2.05, 4.69) is 225 Å². The van der Waals surface area contributed by atoms with Gasteiger partial charge in [0.25, 0.3) is 0 Å². The molecule has 1 aliphatic carbocycles. The van der Waals surface area contributed by atoms with Crippen LogP contribution in [-0.2, 0) is 0 Å². The molecule has 0 aliphatic heterocycles. The van der Waals surface area contributed by atoms with Crippen LogP contribution in [0.1, 0.15) is 38.9 Å². The third kappa shape index (κ3) is 8.76. The number of nitrogens with zero attached hydrogens (tertiary/aromatic N) is 2. The molecule has 1 aliphatic rings. The lowest BCUT2D eigenvalue weighted by atomic mass is 10.1. The summed E-state index contributed by atoms with van der Waals surface area (Å²) in [6.45, 7) is 8.45. The van der Waals surface area contributed by atoms with Gasteiger partial charge < -0.3 is 4.90 Å². The molecule has 0 bridgehead atoms. The Hall–Kier alpha value is -6.78. The van der Waals surface area contributed by atoms with Crippen LogP contribution in [0.5, 0.6) is 0 Å². The molecule has 7 rings (SSSR count). The Kier molecular flexibility index (Phi) is 10.5. The van der Waals surface area contributed by atoms with E-state index in [1.807, 2.05) is 12.2 Å². The number of aryl methyl sites for hydroxylation is 4. The molecule has 2 nitrogen and oxygen atoms in total. The van der Waals surface area contributed by atoms with Gasteiger partial charge in [-0.2, -0.15) is 0 Å². The van der Waals surface area contributed by atoms with Gasteiger partial charge in [0.1, 0.15) is 5.70 Å². The minimum absolute atomic E-state index is 0.804. The highest BCUT2D eigenvalue weighted by atomic mass is 15.1. The van der Waals surface area contributed by atoms with Gasteiger partial charge in [-0.1, -0.05) is 143 Å². The van der Waals surface area contributed by atoms with Crippen LogP contribution < -0.4 is 9.80 Å². The van der Waals surface area contributed by atoms with Crippen molar-refractivity contribution in [2.45, 2.75) is 27.7 Å². The minimum Gasteiger partial charge on any atom is -0.311 e. The number of allylic oxidation sites excluding steroid dienone is 4. The molecule has 0 aromatic heterocycles. The van der Waals surface area contributed by atoms with Crippen LogP contribution in [0.15, 0.2) is 181 Å². The summed E-state index contributed by atoms with van der Waals surface area (Å²) in [6, 6.07) is 51.7. The summed E-state index contributed by atoms with van der Waals surface area (Å²) in [5, 5.41) is 0. The summed E-state index contributed by atoms with van der Waals surface area (Å²) in [7, 11) is 0. The van der Waals surface area contributed by atoms with Crippen LogP contribution in [-0.4, -0.2) is 0 Å². The summed E-state index contributed by atoms with van der Waals surface area (Å²) >= 11 is 0. The van der Waals surface area contributed by atoms with Crippen LogP contribution in [0.3, 0.4) is 0 Å². The van der Waals surface area contributed by atoms with E-state index in [-0.39, 0.29) is 0 Å². The zero-order valence-corrected chi connectivity index (χ0v) is 30.7. The molecule has 0 atom stereocenters. The molecule has 0 saturated carbocycles. The van der Waals surface area contributed by atoms with Crippen LogP contribution in [0.4, 0.5) is 28.4 Å². The summed E-state index contributed by atoms with van der Waals surface area (Å²) < 4.78 is 0. The van der Waals surface area contributed by atoms with Crippen molar-refractivity contribution in [1.82, 2.24) is 0 Å². The van der Waals surface area contributed by atoms with E-state index < -0.39 is 0 Å². The fraction of sp³-hybridized carbons (Fsp3) is 0.0784. The lowest BCUT2D eigenvalue weighted by Crippen LogP contribution is -2.14. The Labute approximate surface area is 314 Å². The first-order chi connectivity index (χ1) is 25.9. The first-order valence-corrected chi connectivity index (χ1v) is 18.0. The van der Waals surface area contributed by atoms with E-state index in [0.717, 1.165) is 56.4 Å². The van der Waals surface area contributed by atoms with E-state index in [1.165, 1.54) is 22.3 Å². The Balaban J connectivity index is 1.04. The number of hydrogen-bond acceptors (Lipinski definition) is 2. The van der Waals surface area contributed by atoms with Gasteiger partial charge in [-0.05, 0) is 129 Å². The quantitative estimate of drug-likeness (QED) is 0.0806. The lowest BCUT2D eigenvalue weighted by molar-refractivity contribution is 1.22. The van der Waals surface area contributed by atoms with Gasteiger partial charge in [0.15, 0.2) is 0 Å². The smallest absolute Gasteiger partial charge is 0.141 e. The van der Waals surface area contributed by atoms with Gasteiger partial charge in [0, 0.05) is 28.4 Å². The molecule has 0 amide bonds. The molecule has 0 fully saturated rings. The highest BCUT2D eigenvalue weighted by Gasteiger charge is 2.14. The van der Waals surface area contributed by atoms with E-state index in [1.54, 1.807) is 0 Å². The molecule has 0 saturated heterocycles. The van der Waals surface area contributed by atoms with Gasteiger partial charge in [-0.15, -0.1) is 0 Å². The average Bonchev–Trinajstić information content (AvgIpc) is 3.43. The fourth-order valence-electron chi connectivity index (χ4n) is 6.10. The molecule has 0 N–H and O–H groups in total. The Morgan fingerprint density at radius 2 is 0.698 bits per heavy atom. The minimum atomic E-state index is 0.804. The Morgan fingerprint density at radius 1 is 0.377 bits per heavy atom. The highest BCUT2D eigenvalue weighted by molar-refractivity contribution is 5.79. The maximum atomic E-state index is 3.48. The maximum absolute atomic E-state index is 3.48. The van der Waals surface area contributed by atoms with Crippen LogP contribution in [0.25, 0.3) is 18.2 Å². The average molecular weight is 683 g/mol. The van der Waals surface area contributed by atoms with Gasteiger partial charge >= 0.3 is 0 Å². The summed E-state index contributed by atoms with van der Waals surface area (Å²) in [5.41, 5.74) is 19.1. The fourth-order valence-corrected chi connectivity index (χ4v) is 6.10. The van der Waals surface area contributed by atoms with Gasteiger partial charge in [0.2, 0.25) is 0 Å². The third-order valence-electron chi connectivity index (χ3n) is 9.22. The molecule has 0 spiro atoms. The predicted molar refractivity (Wildman–Crippen MR) is 227 cm³/mol. The molecule has 256 valence electrons. The first kappa shape index (κ1) is 34.7. The zero-order valence-electron chi connectivity index (χ0n) is 30.7. The standard InChI is InChI=1S/C51H42N2/c1-38-8-27-47(28-9-38)52(48-29-10-39(2)11-30-48)46-7-5-6-42(24-35-46)16-17-43-18-20-44(21-19-43)22-23-45-25-36-51(37-26-45)53(49-31-12-40(3)13-32-49)50-33-14-41(4)15-34-50/h6,8-34,36-37H,1-4H3/b17-16+,23-22+. The second-order valence-electron chi connectivity index (χ2n) is 13.5. The van der Waals surface area contributed by atoms with Crippen molar-refractivity contribution >= 4 is 46.7 Å². The molecule has 0 radical (unpaired) electrons. The summed E-state index contributed by atoms with van der Waals surface area (Å²) in [4.78, 5) is 4.46. The monoisotopic (exact) mass is 682 g/mol. The van der Waals surface area contributed by atoms with Crippen LogP contribution in [0, 0.1) is 39.5 Å². The maximum Gasteiger partial charge on any atom is 0.141 e. The normalized spacial score (nSPS) is 12.2. The largest absolute Gasteiger partial charge is 0.311 e.